The van der Waals surface area contributed by atoms with E-state index < -0.39 is 0 Å². The maximum absolute atomic E-state index is 12.6. The Morgan fingerprint density at radius 1 is 1.33 bits per heavy atom. The summed E-state index contributed by atoms with van der Waals surface area (Å²) >= 11 is 0. The molecule has 1 amide bonds. The van der Waals surface area contributed by atoms with E-state index in [2.05, 4.69) is 52.7 Å². The number of rotatable bonds is 5. The van der Waals surface area contributed by atoms with Gasteiger partial charge in [0.15, 0.2) is 5.82 Å². The summed E-state index contributed by atoms with van der Waals surface area (Å²) in [5.74, 6) is 1.56. The van der Waals surface area contributed by atoms with Crippen molar-refractivity contribution in [2.24, 2.45) is 5.92 Å². The smallest absolute Gasteiger partial charge is 0.248 e. The molecule has 1 unspecified atom stereocenters. The van der Waals surface area contributed by atoms with Crippen molar-refractivity contribution >= 4 is 11.6 Å². The number of anilines is 1. The highest BCUT2D eigenvalue weighted by atomic mass is 16.5. The quantitative estimate of drug-likeness (QED) is 0.814. The first kappa shape index (κ1) is 18.0. The minimum Gasteiger partial charge on any atom is -0.372 e. The molecule has 2 aromatic rings. The molecule has 2 aromatic heterocycles. The highest BCUT2D eigenvalue weighted by molar-refractivity contribution is 5.78. The molecule has 1 saturated heterocycles. The second-order valence-electron chi connectivity index (χ2n) is 7.85. The Labute approximate surface area is 160 Å². The fraction of sp³-hybridized carbons (Fsp3) is 0.524. The van der Waals surface area contributed by atoms with Gasteiger partial charge in [-0.25, -0.2) is 4.98 Å². The van der Waals surface area contributed by atoms with Gasteiger partial charge < -0.3 is 19.1 Å². The number of nitrogens with zero attached hydrogens (tertiary/aromatic N) is 4. The van der Waals surface area contributed by atoms with Gasteiger partial charge in [-0.05, 0) is 43.5 Å². The van der Waals surface area contributed by atoms with Gasteiger partial charge in [-0.1, -0.05) is 13.8 Å². The maximum atomic E-state index is 12.6. The van der Waals surface area contributed by atoms with Crippen LogP contribution in [0.1, 0.15) is 32.9 Å². The van der Waals surface area contributed by atoms with Crippen LogP contribution in [0, 0.1) is 5.92 Å². The van der Waals surface area contributed by atoms with Crippen molar-refractivity contribution in [1.29, 1.82) is 0 Å². The Morgan fingerprint density at radius 2 is 2.19 bits per heavy atom. The first-order chi connectivity index (χ1) is 13.1. The zero-order valence-electron chi connectivity index (χ0n) is 16.4. The standard InChI is InChI=1S/C21H28N4O2/c1-4-27-14-19(26)23-12-9-21(15-23)18-8-6-11-24(18)20-17(7-5-10-22-20)25(21)13-16(2)3/h5-8,10-11,16H,4,9,12-15H2,1-3H3. The largest absolute Gasteiger partial charge is 0.372 e. The van der Waals surface area contributed by atoms with Crippen molar-refractivity contribution in [2.45, 2.75) is 32.7 Å². The number of likely N-dealkylation sites (tertiary alicyclic amines) is 1. The second-order valence-corrected chi connectivity index (χ2v) is 7.85. The highest BCUT2D eigenvalue weighted by Crippen LogP contribution is 2.47. The van der Waals surface area contributed by atoms with Crippen molar-refractivity contribution < 1.29 is 9.53 Å². The molecule has 0 aromatic carbocycles. The summed E-state index contributed by atoms with van der Waals surface area (Å²) in [5.41, 5.74) is 2.15. The Bertz CT molecular complexity index is 831. The van der Waals surface area contributed by atoms with E-state index in [-0.39, 0.29) is 18.1 Å². The zero-order chi connectivity index (χ0) is 19.0. The van der Waals surface area contributed by atoms with Crippen molar-refractivity contribution in [1.82, 2.24) is 14.5 Å². The number of amides is 1. The average molecular weight is 368 g/mol. The summed E-state index contributed by atoms with van der Waals surface area (Å²) in [7, 11) is 0. The lowest BCUT2D eigenvalue weighted by Crippen LogP contribution is -2.54. The Morgan fingerprint density at radius 3 is 2.96 bits per heavy atom. The minimum absolute atomic E-state index is 0.0771. The molecular formula is C21H28N4O2. The van der Waals surface area contributed by atoms with Crippen LogP contribution in [-0.2, 0) is 15.1 Å². The monoisotopic (exact) mass is 368 g/mol. The van der Waals surface area contributed by atoms with Crippen LogP contribution in [0.2, 0.25) is 0 Å². The van der Waals surface area contributed by atoms with Gasteiger partial charge >= 0.3 is 0 Å². The summed E-state index contributed by atoms with van der Waals surface area (Å²) in [5, 5.41) is 0. The molecule has 1 fully saturated rings. The first-order valence-corrected chi connectivity index (χ1v) is 9.83. The summed E-state index contributed by atoms with van der Waals surface area (Å²) in [6, 6.07) is 8.42. The molecular weight excluding hydrogens is 340 g/mol. The van der Waals surface area contributed by atoms with Gasteiger partial charge in [0.2, 0.25) is 5.91 Å². The number of carbonyl (C=O) groups is 1. The van der Waals surface area contributed by atoms with Gasteiger partial charge in [0.05, 0.1) is 11.4 Å². The molecule has 6 nitrogen and oxygen atoms in total. The number of fused-ring (bicyclic) bond motifs is 4. The lowest BCUT2D eigenvalue weighted by molar-refractivity contribution is -0.135. The topological polar surface area (TPSA) is 50.6 Å². The van der Waals surface area contributed by atoms with Gasteiger partial charge in [0, 0.05) is 38.6 Å². The third kappa shape index (κ3) is 2.92. The molecule has 6 heteroatoms. The molecule has 0 N–H and O–H groups in total. The van der Waals surface area contributed by atoms with Crippen LogP contribution < -0.4 is 4.90 Å². The zero-order valence-corrected chi connectivity index (χ0v) is 16.4. The molecule has 144 valence electrons. The average Bonchev–Trinajstić information content (AvgIpc) is 3.31. The van der Waals surface area contributed by atoms with E-state index in [1.165, 1.54) is 5.69 Å². The molecule has 2 aliphatic rings. The molecule has 4 rings (SSSR count). The summed E-state index contributed by atoms with van der Waals surface area (Å²) < 4.78 is 7.56. The SMILES string of the molecule is CCOCC(=O)N1CCC2(C1)c1cccn1-c1ncccc1N2CC(C)C. The lowest BCUT2D eigenvalue weighted by Gasteiger charge is -2.47. The summed E-state index contributed by atoms with van der Waals surface area (Å²) in [6.45, 7) is 9.49. The number of aromatic nitrogens is 2. The molecule has 1 spiro atoms. The third-order valence-corrected chi connectivity index (χ3v) is 5.61. The van der Waals surface area contributed by atoms with Gasteiger partial charge in [0.1, 0.15) is 12.1 Å². The van der Waals surface area contributed by atoms with E-state index in [1.807, 2.05) is 24.1 Å². The van der Waals surface area contributed by atoms with E-state index >= 15 is 0 Å². The molecule has 4 heterocycles. The Hall–Kier alpha value is -2.34. The van der Waals surface area contributed by atoms with Gasteiger partial charge in [-0.3, -0.25) is 4.79 Å². The van der Waals surface area contributed by atoms with Crippen molar-refractivity contribution in [2.75, 3.05) is 37.7 Å². The van der Waals surface area contributed by atoms with Gasteiger partial charge in [-0.15, -0.1) is 0 Å². The van der Waals surface area contributed by atoms with Crippen LogP contribution in [0.15, 0.2) is 36.7 Å². The van der Waals surface area contributed by atoms with Gasteiger partial charge in [-0.2, -0.15) is 0 Å². The van der Waals surface area contributed by atoms with Crippen LogP contribution in [0.4, 0.5) is 5.69 Å². The molecule has 0 radical (unpaired) electrons. The van der Waals surface area contributed by atoms with Crippen molar-refractivity contribution in [3.63, 3.8) is 0 Å². The van der Waals surface area contributed by atoms with E-state index in [0.29, 0.717) is 19.1 Å². The van der Waals surface area contributed by atoms with E-state index in [9.17, 15) is 4.79 Å². The maximum Gasteiger partial charge on any atom is 0.248 e. The Kier molecular flexibility index (Phi) is 4.68. The normalized spacial score (nSPS) is 21.0. The minimum atomic E-state index is -0.217. The van der Waals surface area contributed by atoms with Crippen LogP contribution in [0.5, 0.6) is 0 Å². The second kappa shape index (κ2) is 7.00. The molecule has 0 saturated carbocycles. The van der Waals surface area contributed by atoms with Crippen LogP contribution in [0.3, 0.4) is 0 Å². The van der Waals surface area contributed by atoms with Crippen LogP contribution >= 0.6 is 0 Å². The summed E-state index contributed by atoms with van der Waals surface area (Å²) in [6.07, 6.45) is 4.84. The van der Waals surface area contributed by atoms with E-state index in [0.717, 1.165) is 31.0 Å². The fourth-order valence-electron chi connectivity index (χ4n) is 4.45. The molecule has 0 aliphatic carbocycles. The lowest BCUT2D eigenvalue weighted by atomic mass is 9.88. The van der Waals surface area contributed by atoms with E-state index in [4.69, 9.17) is 4.74 Å². The molecule has 27 heavy (non-hydrogen) atoms. The number of carbonyl (C=O) groups excluding carboxylic acids is 1. The van der Waals surface area contributed by atoms with E-state index in [1.54, 1.807) is 0 Å². The number of ether oxygens (including phenoxy) is 1. The number of hydrogen-bond acceptors (Lipinski definition) is 4. The molecule has 2 aliphatic heterocycles. The van der Waals surface area contributed by atoms with Gasteiger partial charge in [0.25, 0.3) is 0 Å². The Balaban J connectivity index is 1.76. The van der Waals surface area contributed by atoms with Crippen molar-refractivity contribution in [3.8, 4) is 5.82 Å². The summed E-state index contributed by atoms with van der Waals surface area (Å²) in [4.78, 5) is 21.7. The van der Waals surface area contributed by atoms with Crippen LogP contribution in [-0.4, -0.2) is 53.2 Å². The fourth-order valence-corrected chi connectivity index (χ4v) is 4.45. The number of pyridine rings is 1. The van der Waals surface area contributed by atoms with Crippen molar-refractivity contribution in [3.05, 3.63) is 42.4 Å². The third-order valence-electron chi connectivity index (χ3n) is 5.61. The predicted octanol–water partition coefficient (Wildman–Crippen LogP) is 2.81. The molecule has 1 atom stereocenters. The predicted molar refractivity (Wildman–Crippen MR) is 105 cm³/mol. The van der Waals surface area contributed by atoms with Crippen LogP contribution in [0.25, 0.3) is 5.82 Å². The first-order valence-electron chi connectivity index (χ1n) is 9.83. The molecule has 0 bridgehead atoms. The highest BCUT2D eigenvalue weighted by Gasteiger charge is 2.50. The number of hydrogen-bond donors (Lipinski definition) is 0.